The molecule has 0 spiro atoms. The lowest BCUT2D eigenvalue weighted by Gasteiger charge is -2.28. The Hall–Kier alpha value is -1.72. The highest BCUT2D eigenvalue weighted by Crippen LogP contribution is 2.39. The first kappa shape index (κ1) is 8.86. The zero-order chi connectivity index (χ0) is 10.5. The van der Waals surface area contributed by atoms with E-state index in [0.717, 1.165) is 11.3 Å². The van der Waals surface area contributed by atoms with Crippen LogP contribution in [0.5, 0.6) is 0 Å². The molecule has 0 unspecified atom stereocenters. The van der Waals surface area contributed by atoms with E-state index in [1.165, 1.54) is 4.90 Å². The Morgan fingerprint density at radius 3 is 2.86 bits per heavy atom. The summed E-state index contributed by atoms with van der Waals surface area (Å²) < 4.78 is 0. The van der Waals surface area contributed by atoms with E-state index in [9.17, 15) is 4.79 Å². The first-order valence-corrected chi connectivity index (χ1v) is 4.28. The van der Waals surface area contributed by atoms with Gasteiger partial charge >= 0.3 is 6.09 Å². The molecule has 4 N–H and O–H groups in total. The summed E-state index contributed by atoms with van der Waals surface area (Å²) in [6.45, 7) is 3.93. The van der Waals surface area contributed by atoms with Crippen LogP contribution in [0.2, 0.25) is 0 Å². The molecule has 0 aliphatic carbocycles. The number of nitrogen functional groups attached to an aromatic ring is 1. The first-order chi connectivity index (χ1) is 6.44. The molecule has 1 aromatic rings. The minimum absolute atomic E-state index is 0.306. The van der Waals surface area contributed by atoms with Crippen LogP contribution in [0.3, 0.4) is 0 Å². The van der Waals surface area contributed by atoms with Crippen molar-refractivity contribution in [3.05, 3.63) is 11.3 Å². The highest BCUT2D eigenvalue weighted by Gasteiger charge is 2.43. The van der Waals surface area contributed by atoms with E-state index in [0.29, 0.717) is 12.4 Å². The summed E-state index contributed by atoms with van der Waals surface area (Å²) >= 11 is 0. The maximum Gasteiger partial charge on any atom is 0.408 e. The van der Waals surface area contributed by atoms with Gasteiger partial charge in [0.2, 0.25) is 0 Å². The van der Waals surface area contributed by atoms with Crippen LogP contribution in [-0.2, 0) is 12.1 Å². The molecule has 1 amide bonds. The number of fused-ring (bicyclic) bond motifs is 1. The van der Waals surface area contributed by atoms with Gasteiger partial charge in [-0.2, -0.15) is 5.10 Å². The van der Waals surface area contributed by atoms with Crippen LogP contribution < -0.4 is 5.73 Å². The van der Waals surface area contributed by atoms with E-state index in [1.54, 1.807) is 0 Å². The molecule has 1 aliphatic heterocycles. The van der Waals surface area contributed by atoms with Crippen molar-refractivity contribution in [3.63, 3.8) is 0 Å². The van der Waals surface area contributed by atoms with Gasteiger partial charge in [0.15, 0.2) is 0 Å². The summed E-state index contributed by atoms with van der Waals surface area (Å²) in [6.07, 6.45) is -0.951. The Bertz CT molecular complexity index is 396. The van der Waals surface area contributed by atoms with Gasteiger partial charge < -0.3 is 10.8 Å². The number of rotatable bonds is 0. The lowest BCUT2D eigenvalue weighted by molar-refractivity contribution is 0.0978. The molecule has 0 bridgehead atoms. The second kappa shape index (κ2) is 2.40. The standard InChI is InChI=1S/C8H12N4O2/c1-8(2)5-4(6(9)11-10-5)3-12(8)7(13)14/h3H2,1-2H3,(H,13,14)(H3,9,10,11). The molecule has 0 saturated carbocycles. The highest BCUT2D eigenvalue weighted by molar-refractivity contribution is 5.69. The van der Waals surface area contributed by atoms with E-state index in [2.05, 4.69) is 10.2 Å². The average Bonchev–Trinajstić information content (AvgIpc) is 2.53. The van der Waals surface area contributed by atoms with Crippen LogP contribution in [0, 0.1) is 0 Å². The minimum Gasteiger partial charge on any atom is -0.465 e. The molecule has 1 aliphatic rings. The maximum absolute atomic E-state index is 10.9. The summed E-state index contributed by atoms with van der Waals surface area (Å²) in [6, 6.07) is 0. The Morgan fingerprint density at radius 1 is 1.71 bits per heavy atom. The van der Waals surface area contributed by atoms with Crippen molar-refractivity contribution in [1.82, 2.24) is 15.1 Å². The molecule has 2 rings (SSSR count). The van der Waals surface area contributed by atoms with E-state index < -0.39 is 11.6 Å². The van der Waals surface area contributed by atoms with Gasteiger partial charge in [0.1, 0.15) is 5.82 Å². The van der Waals surface area contributed by atoms with Crippen LogP contribution in [0.1, 0.15) is 25.1 Å². The Balaban J connectivity index is 2.50. The van der Waals surface area contributed by atoms with Crippen molar-refractivity contribution >= 4 is 11.9 Å². The normalized spacial score (nSPS) is 18.3. The van der Waals surface area contributed by atoms with Gasteiger partial charge in [-0.25, -0.2) is 4.79 Å². The topological polar surface area (TPSA) is 95.2 Å². The summed E-state index contributed by atoms with van der Waals surface area (Å²) in [4.78, 5) is 12.3. The summed E-state index contributed by atoms with van der Waals surface area (Å²) in [5.74, 6) is 0.455. The zero-order valence-electron chi connectivity index (χ0n) is 8.03. The Morgan fingerprint density at radius 2 is 2.36 bits per heavy atom. The first-order valence-electron chi connectivity index (χ1n) is 4.28. The molecule has 0 fully saturated rings. The SMILES string of the molecule is CC1(C)c2n[nH]c(N)c2CN1C(=O)O. The van der Waals surface area contributed by atoms with Crippen molar-refractivity contribution < 1.29 is 9.90 Å². The predicted molar refractivity (Wildman–Crippen MR) is 49.6 cm³/mol. The number of nitrogens with zero attached hydrogens (tertiary/aromatic N) is 2. The molecule has 0 aromatic carbocycles. The van der Waals surface area contributed by atoms with Crippen molar-refractivity contribution in [2.45, 2.75) is 25.9 Å². The molecule has 6 heteroatoms. The molecule has 2 heterocycles. The number of amides is 1. The number of anilines is 1. The van der Waals surface area contributed by atoms with Gasteiger partial charge in [0.05, 0.1) is 17.8 Å². The summed E-state index contributed by atoms with van der Waals surface area (Å²) in [7, 11) is 0. The fourth-order valence-corrected chi connectivity index (χ4v) is 1.84. The fourth-order valence-electron chi connectivity index (χ4n) is 1.84. The van der Waals surface area contributed by atoms with Crippen LogP contribution in [0.15, 0.2) is 0 Å². The smallest absolute Gasteiger partial charge is 0.408 e. The number of aromatic nitrogens is 2. The Labute approximate surface area is 80.7 Å². The third-order valence-electron chi connectivity index (χ3n) is 2.70. The van der Waals surface area contributed by atoms with Crippen LogP contribution >= 0.6 is 0 Å². The van der Waals surface area contributed by atoms with Crippen LogP contribution in [-0.4, -0.2) is 26.3 Å². The van der Waals surface area contributed by atoms with Crippen LogP contribution in [0.25, 0.3) is 0 Å². The second-order valence-corrected chi connectivity index (χ2v) is 3.89. The number of hydrogen-bond donors (Lipinski definition) is 3. The van der Waals surface area contributed by atoms with E-state index >= 15 is 0 Å². The molecule has 0 saturated heterocycles. The average molecular weight is 196 g/mol. The number of H-pyrrole nitrogens is 1. The lowest BCUT2D eigenvalue weighted by atomic mass is 10.0. The second-order valence-electron chi connectivity index (χ2n) is 3.89. The van der Waals surface area contributed by atoms with Gasteiger partial charge in [-0.1, -0.05) is 0 Å². The van der Waals surface area contributed by atoms with Gasteiger partial charge in [0, 0.05) is 5.56 Å². The molecule has 1 aromatic heterocycles. The fraction of sp³-hybridized carbons (Fsp3) is 0.500. The monoisotopic (exact) mass is 196 g/mol. The molecule has 6 nitrogen and oxygen atoms in total. The quantitative estimate of drug-likeness (QED) is 0.569. The lowest BCUT2D eigenvalue weighted by Crippen LogP contribution is -2.39. The maximum atomic E-state index is 10.9. The van der Waals surface area contributed by atoms with Gasteiger partial charge in [0.25, 0.3) is 0 Å². The van der Waals surface area contributed by atoms with Crippen molar-refractivity contribution in [1.29, 1.82) is 0 Å². The van der Waals surface area contributed by atoms with E-state index in [4.69, 9.17) is 10.8 Å². The highest BCUT2D eigenvalue weighted by atomic mass is 16.4. The van der Waals surface area contributed by atoms with Crippen LogP contribution in [0.4, 0.5) is 10.6 Å². The largest absolute Gasteiger partial charge is 0.465 e. The van der Waals surface area contributed by atoms with Crippen molar-refractivity contribution in [2.24, 2.45) is 0 Å². The van der Waals surface area contributed by atoms with E-state index in [-0.39, 0.29) is 0 Å². The summed E-state index contributed by atoms with van der Waals surface area (Å²) in [5.41, 5.74) is 6.54. The molecular formula is C8H12N4O2. The summed E-state index contributed by atoms with van der Waals surface area (Å²) in [5, 5.41) is 15.7. The number of carbonyl (C=O) groups is 1. The minimum atomic E-state index is -0.951. The van der Waals surface area contributed by atoms with Crippen molar-refractivity contribution in [3.8, 4) is 0 Å². The number of nitrogens with one attached hydrogen (secondary N) is 1. The number of nitrogens with two attached hydrogens (primary N) is 1. The molecule has 0 radical (unpaired) electrons. The number of hydrogen-bond acceptors (Lipinski definition) is 3. The van der Waals surface area contributed by atoms with E-state index in [1.807, 2.05) is 13.8 Å². The molecule has 14 heavy (non-hydrogen) atoms. The molecule has 76 valence electrons. The number of aromatic amines is 1. The molecular weight excluding hydrogens is 184 g/mol. The molecule has 0 atom stereocenters. The number of carboxylic acid groups (broad SMARTS) is 1. The predicted octanol–water partition coefficient (Wildman–Crippen LogP) is 0.721. The zero-order valence-corrected chi connectivity index (χ0v) is 8.03. The van der Waals surface area contributed by atoms with Gasteiger partial charge in [-0.15, -0.1) is 0 Å². The van der Waals surface area contributed by atoms with Gasteiger partial charge in [-0.05, 0) is 13.8 Å². The third-order valence-corrected chi connectivity index (χ3v) is 2.70. The third kappa shape index (κ3) is 0.905. The Kier molecular flexibility index (Phi) is 1.52. The van der Waals surface area contributed by atoms with Gasteiger partial charge in [-0.3, -0.25) is 10.00 Å². The van der Waals surface area contributed by atoms with Crippen molar-refractivity contribution in [2.75, 3.05) is 5.73 Å².